The summed E-state index contributed by atoms with van der Waals surface area (Å²) in [4.78, 5) is 2.27. The Balaban J connectivity index is 1.93. The van der Waals surface area contributed by atoms with Crippen molar-refractivity contribution >= 4 is 0 Å². The predicted molar refractivity (Wildman–Crippen MR) is 57.8 cm³/mol. The van der Waals surface area contributed by atoms with Crippen LogP contribution in [0.4, 0.5) is 0 Å². The second kappa shape index (κ2) is 4.45. The lowest BCUT2D eigenvalue weighted by molar-refractivity contribution is 0.276. The average molecular weight is 204 g/mol. The van der Waals surface area contributed by atoms with Crippen LogP contribution >= 0.6 is 0 Å². The van der Waals surface area contributed by atoms with Crippen molar-refractivity contribution in [2.75, 3.05) is 13.1 Å². The molecule has 1 saturated carbocycles. The van der Waals surface area contributed by atoms with Gasteiger partial charge in [0.2, 0.25) is 0 Å². The van der Waals surface area contributed by atoms with Crippen LogP contribution in [0.1, 0.15) is 18.7 Å². The second-order valence-corrected chi connectivity index (χ2v) is 4.18. The molecule has 0 unspecified atom stereocenters. The van der Waals surface area contributed by atoms with Crippen LogP contribution in [0.25, 0.3) is 0 Å². The van der Waals surface area contributed by atoms with Crippen LogP contribution in [0.2, 0.25) is 0 Å². The van der Waals surface area contributed by atoms with Crippen LogP contribution in [-0.2, 0) is 13.6 Å². The van der Waals surface area contributed by atoms with Gasteiger partial charge in [0.05, 0.1) is 13.1 Å². The fraction of sp³-hybridized carbons (Fsp3) is 0.636. The van der Waals surface area contributed by atoms with Crippen molar-refractivity contribution < 1.29 is 0 Å². The highest BCUT2D eigenvalue weighted by Crippen LogP contribution is 2.29. The summed E-state index contributed by atoms with van der Waals surface area (Å²) in [5, 5.41) is 7.93. The first-order valence-corrected chi connectivity index (χ1v) is 5.28. The Bertz CT molecular complexity index is 359. The molecule has 1 aliphatic rings. The van der Waals surface area contributed by atoms with Gasteiger partial charge in [-0.3, -0.25) is 4.90 Å². The Labute approximate surface area is 90.3 Å². The molecule has 80 valence electrons. The molecule has 1 aromatic rings. The van der Waals surface area contributed by atoms with Crippen LogP contribution < -0.4 is 0 Å². The van der Waals surface area contributed by atoms with Gasteiger partial charge >= 0.3 is 0 Å². The number of hydrogen-bond acceptors (Lipinski definition) is 3. The first-order chi connectivity index (χ1) is 7.29. The third kappa shape index (κ3) is 2.80. The molecular weight excluding hydrogens is 188 g/mol. The maximum atomic E-state index is 5.36. The summed E-state index contributed by atoms with van der Waals surface area (Å²) in [6.07, 6.45) is 9.78. The summed E-state index contributed by atoms with van der Waals surface area (Å²) >= 11 is 0. The molecule has 0 aliphatic heterocycles. The summed E-state index contributed by atoms with van der Waals surface area (Å²) in [5.41, 5.74) is 0. The van der Waals surface area contributed by atoms with Gasteiger partial charge in [-0.25, -0.2) is 0 Å². The van der Waals surface area contributed by atoms with Gasteiger partial charge in [-0.15, -0.1) is 16.6 Å². The van der Waals surface area contributed by atoms with Crippen LogP contribution in [0.15, 0.2) is 6.33 Å². The highest BCUT2D eigenvalue weighted by molar-refractivity contribution is 4.93. The normalized spacial score (nSPS) is 15.5. The quantitative estimate of drug-likeness (QED) is 0.661. The van der Waals surface area contributed by atoms with Crippen LogP contribution in [0.3, 0.4) is 0 Å². The van der Waals surface area contributed by atoms with Crippen molar-refractivity contribution in [2.24, 2.45) is 13.0 Å². The maximum absolute atomic E-state index is 5.36. The number of terminal acetylenes is 1. The van der Waals surface area contributed by atoms with E-state index in [1.54, 1.807) is 6.33 Å². The average Bonchev–Trinajstić information content (AvgIpc) is 2.92. The summed E-state index contributed by atoms with van der Waals surface area (Å²) < 4.78 is 1.94. The third-order valence-electron chi connectivity index (χ3n) is 2.70. The van der Waals surface area contributed by atoms with Crippen molar-refractivity contribution in [1.82, 2.24) is 19.7 Å². The van der Waals surface area contributed by atoms with E-state index in [0.29, 0.717) is 6.54 Å². The van der Waals surface area contributed by atoms with Gasteiger partial charge in [-0.05, 0) is 18.8 Å². The predicted octanol–water partition coefficient (Wildman–Crippen LogP) is 0.660. The van der Waals surface area contributed by atoms with E-state index in [0.717, 1.165) is 24.8 Å². The Morgan fingerprint density at radius 1 is 1.67 bits per heavy atom. The summed E-state index contributed by atoms with van der Waals surface area (Å²) in [6, 6.07) is 0. The molecule has 0 aromatic carbocycles. The Kier molecular flexibility index (Phi) is 3.02. The molecule has 0 atom stereocenters. The molecule has 1 aliphatic carbocycles. The number of aromatic nitrogens is 3. The van der Waals surface area contributed by atoms with Gasteiger partial charge in [0.15, 0.2) is 0 Å². The fourth-order valence-electron chi connectivity index (χ4n) is 1.63. The molecule has 0 bridgehead atoms. The lowest BCUT2D eigenvalue weighted by Gasteiger charge is -2.18. The Morgan fingerprint density at radius 2 is 2.47 bits per heavy atom. The molecule has 0 N–H and O–H groups in total. The SMILES string of the molecule is C#CCN(Cc1nncn1C)CC1CC1. The van der Waals surface area contributed by atoms with E-state index in [2.05, 4.69) is 21.0 Å². The highest BCUT2D eigenvalue weighted by atomic mass is 15.3. The van der Waals surface area contributed by atoms with Crippen molar-refractivity contribution in [1.29, 1.82) is 0 Å². The smallest absolute Gasteiger partial charge is 0.146 e. The molecule has 2 rings (SSSR count). The van der Waals surface area contributed by atoms with E-state index in [-0.39, 0.29) is 0 Å². The zero-order valence-electron chi connectivity index (χ0n) is 9.06. The van der Waals surface area contributed by atoms with Gasteiger partial charge in [0.1, 0.15) is 12.2 Å². The van der Waals surface area contributed by atoms with Gasteiger partial charge < -0.3 is 4.57 Å². The van der Waals surface area contributed by atoms with Crippen LogP contribution in [0.5, 0.6) is 0 Å². The third-order valence-corrected chi connectivity index (χ3v) is 2.70. The van der Waals surface area contributed by atoms with Gasteiger partial charge in [0, 0.05) is 13.6 Å². The molecule has 4 heteroatoms. The lowest BCUT2D eigenvalue weighted by atomic mass is 10.3. The number of rotatable bonds is 5. The Hall–Kier alpha value is -1.34. The van der Waals surface area contributed by atoms with E-state index in [1.165, 1.54) is 12.8 Å². The van der Waals surface area contributed by atoms with E-state index < -0.39 is 0 Å². The Morgan fingerprint density at radius 3 is 3.00 bits per heavy atom. The number of hydrogen-bond donors (Lipinski definition) is 0. The lowest BCUT2D eigenvalue weighted by Crippen LogP contribution is -2.27. The minimum absolute atomic E-state index is 0.698. The van der Waals surface area contributed by atoms with Gasteiger partial charge in [-0.2, -0.15) is 0 Å². The first kappa shape index (κ1) is 10.2. The van der Waals surface area contributed by atoms with Crippen molar-refractivity contribution in [3.63, 3.8) is 0 Å². The molecule has 0 amide bonds. The number of nitrogens with zero attached hydrogens (tertiary/aromatic N) is 4. The minimum Gasteiger partial charge on any atom is -0.320 e. The maximum Gasteiger partial charge on any atom is 0.146 e. The second-order valence-electron chi connectivity index (χ2n) is 4.18. The van der Waals surface area contributed by atoms with E-state index in [4.69, 9.17) is 6.42 Å². The minimum atomic E-state index is 0.698. The van der Waals surface area contributed by atoms with Gasteiger partial charge in [-0.1, -0.05) is 5.92 Å². The molecular formula is C11H16N4. The molecule has 1 heterocycles. The molecule has 15 heavy (non-hydrogen) atoms. The van der Waals surface area contributed by atoms with Crippen molar-refractivity contribution in [2.45, 2.75) is 19.4 Å². The summed E-state index contributed by atoms with van der Waals surface area (Å²) in [6.45, 7) is 2.59. The largest absolute Gasteiger partial charge is 0.320 e. The molecule has 0 saturated heterocycles. The standard InChI is InChI=1S/C11H16N4/c1-3-6-15(7-10-4-5-10)8-11-13-12-9-14(11)2/h1,9-10H,4-8H2,2H3. The summed E-state index contributed by atoms with van der Waals surface area (Å²) in [5.74, 6) is 4.53. The van der Waals surface area contributed by atoms with Crippen LogP contribution in [-0.4, -0.2) is 32.8 Å². The highest BCUT2D eigenvalue weighted by Gasteiger charge is 2.24. The molecule has 0 spiro atoms. The molecule has 0 radical (unpaired) electrons. The molecule has 1 fully saturated rings. The zero-order valence-corrected chi connectivity index (χ0v) is 9.06. The van der Waals surface area contributed by atoms with Crippen LogP contribution in [0, 0.1) is 18.3 Å². The molecule has 4 nitrogen and oxygen atoms in total. The van der Waals surface area contributed by atoms with Crippen molar-refractivity contribution in [3.05, 3.63) is 12.2 Å². The first-order valence-electron chi connectivity index (χ1n) is 5.28. The zero-order chi connectivity index (χ0) is 10.7. The fourth-order valence-corrected chi connectivity index (χ4v) is 1.63. The monoisotopic (exact) mass is 204 g/mol. The van der Waals surface area contributed by atoms with E-state index in [1.807, 2.05) is 11.6 Å². The van der Waals surface area contributed by atoms with Gasteiger partial charge in [0.25, 0.3) is 0 Å². The summed E-state index contributed by atoms with van der Waals surface area (Å²) in [7, 11) is 1.96. The molecule has 1 aromatic heterocycles. The topological polar surface area (TPSA) is 34.0 Å². The van der Waals surface area contributed by atoms with E-state index in [9.17, 15) is 0 Å². The van der Waals surface area contributed by atoms with Crippen molar-refractivity contribution in [3.8, 4) is 12.3 Å². The van der Waals surface area contributed by atoms with E-state index >= 15 is 0 Å². The number of aryl methyl sites for hydroxylation is 1.